The first kappa shape index (κ1) is 17.6. The van der Waals surface area contributed by atoms with E-state index in [-0.39, 0.29) is 11.8 Å². The molecule has 0 saturated carbocycles. The molecule has 0 radical (unpaired) electrons. The smallest absolute Gasteiger partial charge is 0.270 e. The number of rotatable bonds is 6. The van der Waals surface area contributed by atoms with Gasteiger partial charge in [0.15, 0.2) is 0 Å². The van der Waals surface area contributed by atoms with Gasteiger partial charge in [-0.25, -0.2) is 9.97 Å². The average Bonchev–Trinajstić information content (AvgIpc) is 3.10. The van der Waals surface area contributed by atoms with Gasteiger partial charge in [-0.1, -0.05) is 13.8 Å². The summed E-state index contributed by atoms with van der Waals surface area (Å²) in [5.41, 5.74) is 1.34. The number of aromatic nitrogens is 2. The topological polar surface area (TPSA) is 87.2 Å². The van der Waals surface area contributed by atoms with Crippen LogP contribution in [0.4, 0.5) is 5.82 Å². The Labute approximate surface area is 148 Å². The quantitative estimate of drug-likeness (QED) is 0.813. The number of carbonyl (C=O) groups is 2. The molecule has 0 spiro atoms. The van der Waals surface area contributed by atoms with Crippen molar-refractivity contribution in [1.29, 1.82) is 0 Å². The maximum atomic E-state index is 12.2. The molecule has 2 amide bonds. The van der Waals surface area contributed by atoms with E-state index in [0.717, 1.165) is 37.9 Å². The molecule has 2 aliphatic heterocycles. The predicted octanol–water partition coefficient (Wildman–Crippen LogP) is 1.39. The maximum Gasteiger partial charge on any atom is 0.270 e. The third-order valence-electron chi connectivity index (χ3n) is 4.61. The summed E-state index contributed by atoms with van der Waals surface area (Å²) in [6.07, 6.45) is 4.09. The molecular formula is C18H27N5O2. The van der Waals surface area contributed by atoms with Crippen molar-refractivity contribution < 1.29 is 9.59 Å². The minimum absolute atomic E-state index is 0.134. The Balaban J connectivity index is 1.71. The van der Waals surface area contributed by atoms with E-state index in [1.54, 1.807) is 0 Å². The maximum absolute atomic E-state index is 12.2. The average molecular weight is 345 g/mol. The van der Waals surface area contributed by atoms with Gasteiger partial charge in [0, 0.05) is 44.6 Å². The lowest BCUT2D eigenvalue weighted by Gasteiger charge is -2.21. The standard InChI is InChI=1S/C18H27N5O2/c1-12(2)11-14-21-16-13(5-7-20-18(16)25)17(22-14)19-8-6-15(24)23-9-3-4-10-23/h12H,3-11H2,1-2H3,(H,20,25)(H,19,21,22). The van der Waals surface area contributed by atoms with Gasteiger partial charge in [0.1, 0.15) is 17.3 Å². The lowest BCUT2D eigenvalue weighted by molar-refractivity contribution is -0.129. The summed E-state index contributed by atoms with van der Waals surface area (Å²) in [4.78, 5) is 35.3. The molecule has 1 aromatic heterocycles. The fraction of sp³-hybridized carbons (Fsp3) is 0.667. The van der Waals surface area contributed by atoms with Crippen LogP contribution >= 0.6 is 0 Å². The van der Waals surface area contributed by atoms with Gasteiger partial charge in [-0.3, -0.25) is 9.59 Å². The van der Waals surface area contributed by atoms with Gasteiger partial charge < -0.3 is 15.5 Å². The van der Waals surface area contributed by atoms with Crippen LogP contribution < -0.4 is 10.6 Å². The SMILES string of the molecule is CC(C)Cc1nc(NCCC(=O)N2CCCC2)c2c(n1)C(=O)NCC2. The largest absolute Gasteiger partial charge is 0.369 e. The number of hydrogen-bond acceptors (Lipinski definition) is 5. The number of nitrogens with zero attached hydrogens (tertiary/aromatic N) is 3. The molecule has 3 heterocycles. The first-order valence-electron chi connectivity index (χ1n) is 9.24. The molecule has 25 heavy (non-hydrogen) atoms. The third kappa shape index (κ3) is 4.27. The Morgan fingerprint density at radius 3 is 2.76 bits per heavy atom. The highest BCUT2D eigenvalue weighted by atomic mass is 16.2. The zero-order valence-corrected chi connectivity index (χ0v) is 15.1. The van der Waals surface area contributed by atoms with Crippen LogP contribution in [0.15, 0.2) is 0 Å². The molecule has 0 unspecified atom stereocenters. The molecule has 0 aromatic carbocycles. The van der Waals surface area contributed by atoms with Gasteiger partial charge >= 0.3 is 0 Å². The number of carbonyl (C=O) groups excluding carboxylic acids is 2. The highest BCUT2D eigenvalue weighted by Crippen LogP contribution is 2.21. The van der Waals surface area contributed by atoms with Gasteiger partial charge in [0.05, 0.1) is 0 Å². The monoisotopic (exact) mass is 345 g/mol. The van der Waals surface area contributed by atoms with E-state index >= 15 is 0 Å². The fourth-order valence-corrected chi connectivity index (χ4v) is 3.35. The summed E-state index contributed by atoms with van der Waals surface area (Å²) in [6, 6.07) is 0. The van der Waals surface area contributed by atoms with Crippen molar-refractivity contribution in [1.82, 2.24) is 20.2 Å². The minimum atomic E-state index is -0.134. The molecule has 1 aromatic rings. The van der Waals surface area contributed by atoms with Crippen LogP contribution in [0, 0.1) is 5.92 Å². The van der Waals surface area contributed by atoms with Crippen molar-refractivity contribution in [3.05, 3.63) is 17.1 Å². The Morgan fingerprint density at radius 1 is 1.28 bits per heavy atom. The Hall–Kier alpha value is -2.18. The molecule has 136 valence electrons. The zero-order chi connectivity index (χ0) is 17.8. The van der Waals surface area contributed by atoms with Gasteiger partial charge in [0.2, 0.25) is 5.91 Å². The second-order valence-electron chi connectivity index (χ2n) is 7.18. The third-order valence-corrected chi connectivity index (χ3v) is 4.61. The molecule has 7 heteroatoms. The van der Waals surface area contributed by atoms with Crippen molar-refractivity contribution in [3.63, 3.8) is 0 Å². The van der Waals surface area contributed by atoms with Crippen molar-refractivity contribution in [2.24, 2.45) is 5.92 Å². The summed E-state index contributed by atoms with van der Waals surface area (Å²) in [7, 11) is 0. The molecule has 7 nitrogen and oxygen atoms in total. The molecule has 3 rings (SSSR count). The molecular weight excluding hydrogens is 318 g/mol. The lowest BCUT2D eigenvalue weighted by atomic mass is 10.0. The fourth-order valence-electron chi connectivity index (χ4n) is 3.35. The normalized spacial score (nSPS) is 16.8. The summed E-state index contributed by atoms with van der Waals surface area (Å²) < 4.78 is 0. The first-order valence-corrected chi connectivity index (χ1v) is 9.24. The number of amides is 2. The number of anilines is 1. The minimum Gasteiger partial charge on any atom is -0.369 e. The molecule has 0 aliphatic carbocycles. The van der Waals surface area contributed by atoms with Crippen molar-refractivity contribution in [2.75, 3.05) is 31.5 Å². The molecule has 1 fully saturated rings. The summed E-state index contributed by atoms with van der Waals surface area (Å²) in [6.45, 7) is 7.08. The first-order chi connectivity index (χ1) is 12.0. The summed E-state index contributed by atoms with van der Waals surface area (Å²) in [5.74, 6) is 1.86. The Bertz CT molecular complexity index is 653. The molecule has 1 saturated heterocycles. The van der Waals surface area contributed by atoms with Gasteiger partial charge in [-0.15, -0.1) is 0 Å². The highest BCUT2D eigenvalue weighted by molar-refractivity contribution is 5.96. The molecule has 0 bridgehead atoms. The molecule has 0 atom stereocenters. The van der Waals surface area contributed by atoms with E-state index in [2.05, 4.69) is 34.4 Å². The van der Waals surface area contributed by atoms with Crippen LogP contribution in [0.5, 0.6) is 0 Å². The van der Waals surface area contributed by atoms with Crippen LogP contribution in [0.1, 0.15) is 55.0 Å². The second-order valence-corrected chi connectivity index (χ2v) is 7.18. The predicted molar refractivity (Wildman–Crippen MR) is 95.5 cm³/mol. The highest BCUT2D eigenvalue weighted by Gasteiger charge is 2.24. The van der Waals surface area contributed by atoms with Crippen LogP contribution in [0.3, 0.4) is 0 Å². The van der Waals surface area contributed by atoms with E-state index in [1.165, 1.54) is 0 Å². The van der Waals surface area contributed by atoms with Crippen LogP contribution in [0.2, 0.25) is 0 Å². The van der Waals surface area contributed by atoms with E-state index in [0.29, 0.717) is 49.2 Å². The lowest BCUT2D eigenvalue weighted by Crippen LogP contribution is -2.34. The summed E-state index contributed by atoms with van der Waals surface area (Å²) >= 11 is 0. The van der Waals surface area contributed by atoms with Gasteiger partial charge in [-0.2, -0.15) is 0 Å². The van der Waals surface area contributed by atoms with E-state index in [1.807, 2.05) is 4.90 Å². The van der Waals surface area contributed by atoms with E-state index in [4.69, 9.17) is 0 Å². The zero-order valence-electron chi connectivity index (χ0n) is 15.1. The molecule has 2 N–H and O–H groups in total. The Morgan fingerprint density at radius 2 is 2.04 bits per heavy atom. The second kappa shape index (κ2) is 7.80. The van der Waals surface area contributed by atoms with Crippen LogP contribution in [0.25, 0.3) is 0 Å². The number of hydrogen-bond donors (Lipinski definition) is 2. The number of fused-ring (bicyclic) bond motifs is 1. The Kier molecular flexibility index (Phi) is 5.50. The van der Waals surface area contributed by atoms with Gasteiger partial charge in [0.25, 0.3) is 5.91 Å². The van der Waals surface area contributed by atoms with E-state index in [9.17, 15) is 9.59 Å². The van der Waals surface area contributed by atoms with Crippen molar-refractivity contribution >= 4 is 17.6 Å². The van der Waals surface area contributed by atoms with Crippen LogP contribution in [-0.4, -0.2) is 52.9 Å². The molecule has 2 aliphatic rings. The van der Waals surface area contributed by atoms with E-state index < -0.39 is 0 Å². The van der Waals surface area contributed by atoms with Gasteiger partial charge in [-0.05, 0) is 25.2 Å². The van der Waals surface area contributed by atoms with Crippen LogP contribution in [-0.2, 0) is 17.6 Å². The van der Waals surface area contributed by atoms with Crippen molar-refractivity contribution in [3.8, 4) is 0 Å². The number of likely N-dealkylation sites (tertiary alicyclic amines) is 1. The van der Waals surface area contributed by atoms with Crippen molar-refractivity contribution in [2.45, 2.75) is 46.0 Å². The number of nitrogens with one attached hydrogen (secondary N) is 2. The summed E-state index contributed by atoms with van der Waals surface area (Å²) in [5, 5.41) is 6.12.